The number of aromatic nitrogens is 4. The Labute approximate surface area is 96.8 Å². The van der Waals surface area contributed by atoms with Gasteiger partial charge in [0.25, 0.3) is 0 Å². The molecular weight excluding hydrogens is 216 g/mol. The van der Waals surface area contributed by atoms with Crippen molar-refractivity contribution in [3.05, 3.63) is 35.4 Å². The summed E-state index contributed by atoms with van der Waals surface area (Å²) >= 11 is 0. The van der Waals surface area contributed by atoms with E-state index in [9.17, 15) is 0 Å². The lowest BCUT2D eigenvalue weighted by atomic mass is 10.1. The van der Waals surface area contributed by atoms with Gasteiger partial charge in [-0.1, -0.05) is 18.2 Å². The SMILES string of the molecule is N#CC(C#N)=Cc1cccc(-c2nn[nH]n2)c1. The van der Waals surface area contributed by atoms with Crippen LogP contribution in [-0.4, -0.2) is 20.6 Å². The number of hydrogen-bond acceptors (Lipinski definition) is 5. The smallest absolute Gasteiger partial charge is 0.192 e. The van der Waals surface area contributed by atoms with Gasteiger partial charge in [-0.15, -0.1) is 10.2 Å². The van der Waals surface area contributed by atoms with Crippen LogP contribution >= 0.6 is 0 Å². The lowest BCUT2D eigenvalue weighted by molar-refractivity contribution is 0.881. The molecule has 1 heterocycles. The van der Waals surface area contributed by atoms with Crippen molar-refractivity contribution >= 4 is 6.08 Å². The molecule has 0 radical (unpaired) electrons. The van der Waals surface area contributed by atoms with Gasteiger partial charge in [0, 0.05) is 5.56 Å². The van der Waals surface area contributed by atoms with Gasteiger partial charge in [0.2, 0.25) is 5.82 Å². The first-order valence-electron chi connectivity index (χ1n) is 4.69. The van der Waals surface area contributed by atoms with Crippen LogP contribution in [0.3, 0.4) is 0 Å². The molecule has 0 amide bonds. The second kappa shape index (κ2) is 4.69. The zero-order valence-corrected chi connectivity index (χ0v) is 8.62. The van der Waals surface area contributed by atoms with Crippen molar-refractivity contribution in [2.24, 2.45) is 0 Å². The maximum atomic E-state index is 8.66. The van der Waals surface area contributed by atoms with Crippen molar-refractivity contribution in [2.45, 2.75) is 0 Å². The zero-order valence-electron chi connectivity index (χ0n) is 8.62. The Kier molecular flexibility index (Phi) is 2.90. The average molecular weight is 222 g/mol. The fourth-order valence-electron chi connectivity index (χ4n) is 1.31. The Morgan fingerprint density at radius 1 is 1.29 bits per heavy atom. The molecule has 0 atom stereocenters. The molecule has 1 aromatic carbocycles. The van der Waals surface area contributed by atoms with Crippen molar-refractivity contribution in [1.29, 1.82) is 10.5 Å². The molecule has 2 rings (SSSR count). The minimum Gasteiger partial charge on any atom is -0.192 e. The lowest BCUT2D eigenvalue weighted by Gasteiger charge is -1.96. The van der Waals surface area contributed by atoms with Crippen LogP contribution in [0.15, 0.2) is 29.8 Å². The zero-order chi connectivity index (χ0) is 12.1. The number of nitriles is 2. The molecule has 0 aliphatic rings. The monoisotopic (exact) mass is 222 g/mol. The number of hydrogen-bond donors (Lipinski definition) is 1. The number of nitrogens with one attached hydrogen (secondary N) is 1. The molecule has 0 bridgehead atoms. The van der Waals surface area contributed by atoms with Crippen LogP contribution < -0.4 is 0 Å². The Hall–Kier alpha value is -2.99. The van der Waals surface area contributed by atoms with Gasteiger partial charge in [-0.2, -0.15) is 15.7 Å². The van der Waals surface area contributed by atoms with Crippen molar-refractivity contribution in [3.8, 4) is 23.5 Å². The van der Waals surface area contributed by atoms with Crippen LogP contribution in [0.4, 0.5) is 0 Å². The first-order chi connectivity index (χ1) is 8.33. The van der Waals surface area contributed by atoms with E-state index in [1.54, 1.807) is 30.3 Å². The van der Waals surface area contributed by atoms with Gasteiger partial charge in [0.1, 0.15) is 17.7 Å². The topological polar surface area (TPSA) is 102 Å². The summed E-state index contributed by atoms with van der Waals surface area (Å²) in [4.78, 5) is 0. The number of nitrogens with zero attached hydrogens (tertiary/aromatic N) is 5. The van der Waals surface area contributed by atoms with Crippen molar-refractivity contribution in [2.75, 3.05) is 0 Å². The van der Waals surface area contributed by atoms with E-state index in [2.05, 4.69) is 20.6 Å². The average Bonchev–Trinajstić information content (AvgIpc) is 2.90. The van der Waals surface area contributed by atoms with E-state index >= 15 is 0 Å². The van der Waals surface area contributed by atoms with Gasteiger partial charge in [-0.25, -0.2) is 0 Å². The Balaban J connectivity index is 2.41. The van der Waals surface area contributed by atoms with Gasteiger partial charge in [0.15, 0.2) is 0 Å². The van der Waals surface area contributed by atoms with E-state index in [1.165, 1.54) is 6.08 Å². The molecule has 0 saturated heterocycles. The standard InChI is InChI=1S/C11H6N6/c12-6-9(7-13)4-8-2-1-3-10(5-8)11-14-16-17-15-11/h1-5H,(H,14,15,16,17). The molecule has 2 aromatic rings. The van der Waals surface area contributed by atoms with Gasteiger partial charge in [0.05, 0.1) is 0 Å². The summed E-state index contributed by atoms with van der Waals surface area (Å²) in [5, 5.41) is 30.8. The van der Waals surface area contributed by atoms with Crippen molar-refractivity contribution < 1.29 is 0 Å². The highest BCUT2D eigenvalue weighted by molar-refractivity contribution is 5.66. The quantitative estimate of drug-likeness (QED) is 0.771. The predicted octanol–water partition coefficient (Wildman–Crippen LogP) is 1.30. The molecule has 17 heavy (non-hydrogen) atoms. The highest BCUT2D eigenvalue weighted by Crippen LogP contribution is 2.16. The molecule has 6 heteroatoms. The number of allylic oxidation sites excluding steroid dienone is 1. The highest BCUT2D eigenvalue weighted by atomic mass is 15.5. The summed E-state index contributed by atoms with van der Waals surface area (Å²) in [5.41, 5.74) is 1.56. The molecule has 6 nitrogen and oxygen atoms in total. The third kappa shape index (κ3) is 2.33. The molecule has 80 valence electrons. The predicted molar refractivity (Wildman–Crippen MR) is 58.8 cm³/mol. The van der Waals surface area contributed by atoms with E-state index in [-0.39, 0.29) is 5.57 Å². The van der Waals surface area contributed by atoms with Gasteiger partial charge < -0.3 is 0 Å². The first-order valence-corrected chi connectivity index (χ1v) is 4.69. The summed E-state index contributed by atoms with van der Waals surface area (Å²) in [5.74, 6) is 0.468. The van der Waals surface area contributed by atoms with E-state index in [4.69, 9.17) is 10.5 Å². The van der Waals surface area contributed by atoms with E-state index in [1.807, 2.05) is 6.07 Å². The van der Waals surface area contributed by atoms with E-state index in [0.29, 0.717) is 5.82 Å². The summed E-state index contributed by atoms with van der Waals surface area (Å²) in [7, 11) is 0. The number of H-pyrrole nitrogens is 1. The Bertz CT molecular complexity index is 611. The minimum atomic E-state index is 0.0512. The Morgan fingerprint density at radius 2 is 2.12 bits per heavy atom. The molecule has 0 aliphatic heterocycles. The summed E-state index contributed by atoms with van der Waals surface area (Å²) < 4.78 is 0. The lowest BCUT2D eigenvalue weighted by Crippen LogP contribution is -1.83. The summed E-state index contributed by atoms with van der Waals surface area (Å²) in [6.07, 6.45) is 1.50. The number of rotatable bonds is 2. The van der Waals surface area contributed by atoms with E-state index in [0.717, 1.165) is 11.1 Å². The molecule has 0 spiro atoms. The van der Waals surface area contributed by atoms with Crippen LogP contribution in [0.5, 0.6) is 0 Å². The fraction of sp³-hybridized carbons (Fsp3) is 0. The maximum Gasteiger partial charge on any atom is 0.204 e. The molecule has 0 aliphatic carbocycles. The molecular formula is C11H6N6. The Morgan fingerprint density at radius 3 is 2.76 bits per heavy atom. The number of aromatic amines is 1. The van der Waals surface area contributed by atoms with E-state index < -0.39 is 0 Å². The third-order valence-electron chi connectivity index (χ3n) is 2.04. The van der Waals surface area contributed by atoms with Crippen LogP contribution in [0.1, 0.15) is 5.56 Å². The first kappa shape index (κ1) is 10.5. The molecule has 0 fully saturated rings. The van der Waals surface area contributed by atoms with Gasteiger partial charge >= 0.3 is 0 Å². The summed E-state index contributed by atoms with van der Waals surface area (Å²) in [6.45, 7) is 0. The number of benzene rings is 1. The van der Waals surface area contributed by atoms with Crippen LogP contribution in [-0.2, 0) is 0 Å². The van der Waals surface area contributed by atoms with Gasteiger partial charge in [-0.05, 0) is 22.9 Å². The molecule has 1 aromatic heterocycles. The fourth-order valence-corrected chi connectivity index (χ4v) is 1.31. The minimum absolute atomic E-state index is 0.0512. The molecule has 0 unspecified atom stereocenters. The second-order valence-electron chi connectivity index (χ2n) is 3.14. The second-order valence-corrected chi connectivity index (χ2v) is 3.14. The maximum absolute atomic E-state index is 8.66. The number of tetrazole rings is 1. The summed E-state index contributed by atoms with van der Waals surface area (Å²) in [6, 6.07) is 10.8. The largest absolute Gasteiger partial charge is 0.204 e. The third-order valence-corrected chi connectivity index (χ3v) is 2.04. The van der Waals surface area contributed by atoms with Crippen LogP contribution in [0, 0.1) is 22.7 Å². The normalized spacial score (nSPS) is 9.06. The molecule has 1 N–H and O–H groups in total. The highest BCUT2D eigenvalue weighted by Gasteiger charge is 2.03. The van der Waals surface area contributed by atoms with Crippen LogP contribution in [0.2, 0.25) is 0 Å². The van der Waals surface area contributed by atoms with Crippen molar-refractivity contribution in [1.82, 2.24) is 20.6 Å². The molecule has 0 saturated carbocycles. The van der Waals surface area contributed by atoms with Crippen molar-refractivity contribution in [3.63, 3.8) is 0 Å². The van der Waals surface area contributed by atoms with Crippen LogP contribution in [0.25, 0.3) is 17.5 Å². The van der Waals surface area contributed by atoms with Gasteiger partial charge in [-0.3, -0.25) is 0 Å².